The molecule has 0 aromatic carbocycles. The molecule has 0 aliphatic rings. The third-order valence-corrected chi connectivity index (χ3v) is 10.5. The van der Waals surface area contributed by atoms with E-state index in [-0.39, 0.29) is 12.5 Å². The number of nitrogens with one attached hydrogen (secondary N) is 1. The summed E-state index contributed by atoms with van der Waals surface area (Å²) in [6, 6.07) is -0.615. The average Bonchev–Trinajstić information content (AvgIpc) is 3.10. The Labute approximate surface area is 307 Å². The molecule has 0 spiro atoms. The van der Waals surface area contributed by atoms with E-state index in [1.165, 1.54) is 205 Å². The molecule has 0 fully saturated rings. The van der Waals surface area contributed by atoms with Crippen LogP contribution in [0.5, 0.6) is 0 Å². The van der Waals surface area contributed by atoms with E-state index in [4.69, 9.17) is 0 Å². The molecule has 2 unspecified atom stereocenters. The van der Waals surface area contributed by atoms with Crippen LogP contribution in [0.15, 0.2) is 12.2 Å². The van der Waals surface area contributed by atoms with E-state index in [2.05, 4.69) is 19.2 Å². The van der Waals surface area contributed by atoms with Crippen molar-refractivity contribution in [3.05, 3.63) is 12.2 Å². The number of hydrogen-bond acceptors (Lipinski definition) is 3. The predicted molar refractivity (Wildman–Crippen MR) is 216 cm³/mol. The maximum Gasteiger partial charge on any atom is 0.220 e. The summed E-state index contributed by atoms with van der Waals surface area (Å²) in [5.41, 5.74) is 0. The Hall–Kier alpha value is -0.870. The van der Waals surface area contributed by atoms with Gasteiger partial charge in [0.2, 0.25) is 5.91 Å². The first-order valence-electron chi connectivity index (χ1n) is 22.4. The van der Waals surface area contributed by atoms with Gasteiger partial charge in [-0.1, -0.05) is 238 Å². The maximum absolute atomic E-state index is 12.3. The van der Waals surface area contributed by atoms with Crippen LogP contribution in [0.1, 0.15) is 251 Å². The molecule has 3 N–H and O–H groups in total. The quantitative estimate of drug-likeness (QED) is 0.0441. The van der Waals surface area contributed by atoms with Crippen molar-refractivity contribution in [3.8, 4) is 0 Å². The lowest BCUT2D eigenvalue weighted by Gasteiger charge is -2.20. The Morgan fingerprint density at radius 1 is 0.469 bits per heavy atom. The highest BCUT2D eigenvalue weighted by atomic mass is 16.3. The number of hydrogen-bond donors (Lipinski definition) is 3. The van der Waals surface area contributed by atoms with E-state index < -0.39 is 12.1 Å². The monoisotopic (exact) mass is 692 g/mol. The van der Waals surface area contributed by atoms with Crippen molar-refractivity contribution in [2.24, 2.45) is 0 Å². The molecule has 0 radical (unpaired) electrons. The molecule has 0 bridgehead atoms. The van der Waals surface area contributed by atoms with E-state index in [9.17, 15) is 15.0 Å². The molecular weight excluding hydrogens is 602 g/mol. The summed E-state index contributed by atoms with van der Waals surface area (Å²) >= 11 is 0. The van der Waals surface area contributed by atoms with Crippen molar-refractivity contribution in [2.75, 3.05) is 6.61 Å². The van der Waals surface area contributed by atoms with Gasteiger partial charge < -0.3 is 15.5 Å². The third-order valence-electron chi connectivity index (χ3n) is 10.5. The lowest BCUT2D eigenvalue weighted by atomic mass is 10.0. The van der Waals surface area contributed by atoms with Crippen LogP contribution in [0, 0.1) is 0 Å². The van der Waals surface area contributed by atoms with Crippen molar-refractivity contribution in [1.82, 2.24) is 5.32 Å². The normalized spacial score (nSPS) is 13.0. The molecule has 0 rings (SSSR count). The van der Waals surface area contributed by atoms with Gasteiger partial charge in [-0.05, 0) is 19.3 Å². The Bertz CT molecular complexity index is 666. The minimum absolute atomic E-state index is 0.0650. The third kappa shape index (κ3) is 38.2. The zero-order valence-corrected chi connectivity index (χ0v) is 33.5. The molecule has 0 heterocycles. The van der Waals surface area contributed by atoms with Crippen LogP contribution in [-0.2, 0) is 4.79 Å². The molecule has 2 atom stereocenters. The van der Waals surface area contributed by atoms with Crippen molar-refractivity contribution in [1.29, 1.82) is 0 Å². The number of aliphatic hydroxyl groups is 2. The standard InChI is InChI=1S/C45H89NO3/c1-3-5-7-9-11-13-14-15-16-17-18-19-20-21-22-23-24-25-26-27-28-29-30-31-33-34-36-38-40-44(48)43(42-47)46-45(49)41-39-37-35-32-12-10-8-6-4-2/h38,40,43-44,47-48H,3-37,39,41-42H2,1-2H3,(H,46,49)/b40-38+. The number of unbranched alkanes of at least 4 members (excludes halogenated alkanes) is 34. The molecular formula is C45H89NO3. The first-order valence-corrected chi connectivity index (χ1v) is 22.4. The van der Waals surface area contributed by atoms with Gasteiger partial charge in [-0.3, -0.25) is 4.79 Å². The zero-order chi connectivity index (χ0) is 35.7. The second kappa shape index (κ2) is 41.5. The molecule has 0 saturated heterocycles. The van der Waals surface area contributed by atoms with Crippen LogP contribution in [0.4, 0.5) is 0 Å². The van der Waals surface area contributed by atoms with E-state index in [1.54, 1.807) is 6.08 Å². The number of carbonyl (C=O) groups excluding carboxylic acids is 1. The summed E-state index contributed by atoms with van der Waals surface area (Å²) in [5.74, 6) is -0.0650. The van der Waals surface area contributed by atoms with Crippen LogP contribution in [0.25, 0.3) is 0 Å². The summed E-state index contributed by atoms with van der Waals surface area (Å²) < 4.78 is 0. The molecule has 292 valence electrons. The fourth-order valence-electron chi connectivity index (χ4n) is 7.06. The summed E-state index contributed by atoms with van der Waals surface area (Å²) in [5, 5.41) is 22.9. The Morgan fingerprint density at radius 2 is 0.755 bits per heavy atom. The van der Waals surface area contributed by atoms with Gasteiger partial charge in [0.1, 0.15) is 0 Å². The van der Waals surface area contributed by atoms with Crippen molar-refractivity contribution in [3.63, 3.8) is 0 Å². The number of rotatable bonds is 41. The molecule has 4 nitrogen and oxygen atoms in total. The lowest BCUT2D eigenvalue weighted by molar-refractivity contribution is -0.123. The van der Waals surface area contributed by atoms with Gasteiger partial charge in [-0.15, -0.1) is 0 Å². The zero-order valence-electron chi connectivity index (χ0n) is 33.5. The Morgan fingerprint density at radius 3 is 1.06 bits per heavy atom. The Kier molecular flexibility index (Phi) is 40.8. The smallest absolute Gasteiger partial charge is 0.220 e. The van der Waals surface area contributed by atoms with Gasteiger partial charge in [-0.25, -0.2) is 0 Å². The first kappa shape index (κ1) is 48.1. The lowest BCUT2D eigenvalue weighted by Crippen LogP contribution is -2.45. The fraction of sp³-hybridized carbons (Fsp3) is 0.933. The van der Waals surface area contributed by atoms with Gasteiger partial charge >= 0.3 is 0 Å². The average molecular weight is 692 g/mol. The van der Waals surface area contributed by atoms with Crippen LogP contribution < -0.4 is 5.32 Å². The number of allylic oxidation sites excluding steroid dienone is 1. The number of aliphatic hydroxyl groups excluding tert-OH is 2. The van der Waals surface area contributed by atoms with E-state index in [1.807, 2.05) is 6.08 Å². The highest BCUT2D eigenvalue weighted by Crippen LogP contribution is 2.16. The van der Waals surface area contributed by atoms with E-state index in [0.717, 1.165) is 25.7 Å². The van der Waals surface area contributed by atoms with Gasteiger partial charge in [0, 0.05) is 6.42 Å². The minimum atomic E-state index is -0.832. The van der Waals surface area contributed by atoms with Gasteiger partial charge in [0.05, 0.1) is 18.8 Å². The molecule has 4 heteroatoms. The number of carbonyl (C=O) groups is 1. The van der Waals surface area contributed by atoms with Gasteiger partial charge in [-0.2, -0.15) is 0 Å². The topological polar surface area (TPSA) is 69.6 Å². The molecule has 0 aliphatic heterocycles. The summed E-state index contributed by atoms with van der Waals surface area (Å²) in [6.07, 6.45) is 52.0. The van der Waals surface area contributed by atoms with Crippen molar-refractivity contribution in [2.45, 2.75) is 264 Å². The molecule has 0 aromatic rings. The van der Waals surface area contributed by atoms with Gasteiger partial charge in [0.15, 0.2) is 0 Å². The SMILES string of the molecule is CCCCCCCCCCCCCCCCCCCCCCCCCCCC/C=C/C(O)C(CO)NC(=O)CCCCCCCCCCC. The van der Waals surface area contributed by atoms with E-state index in [0.29, 0.717) is 6.42 Å². The van der Waals surface area contributed by atoms with Crippen LogP contribution >= 0.6 is 0 Å². The summed E-state index contributed by atoms with van der Waals surface area (Å²) in [7, 11) is 0. The minimum Gasteiger partial charge on any atom is -0.394 e. The van der Waals surface area contributed by atoms with Crippen LogP contribution in [-0.4, -0.2) is 34.9 Å². The van der Waals surface area contributed by atoms with Crippen LogP contribution in [0.2, 0.25) is 0 Å². The number of amides is 1. The van der Waals surface area contributed by atoms with Crippen LogP contribution in [0.3, 0.4) is 0 Å². The van der Waals surface area contributed by atoms with Crippen molar-refractivity contribution >= 4 is 5.91 Å². The highest BCUT2D eigenvalue weighted by Gasteiger charge is 2.17. The van der Waals surface area contributed by atoms with Crippen molar-refractivity contribution < 1.29 is 15.0 Å². The largest absolute Gasteiger partial charge is 0.394 e. The predicted octanol–water partition coefficient (Wildman–Crippen LogP) is 13.9. The molecule has 0 aromatic heterocycles. The molecule has 1 amide bonds. The van der Waals surface area contributed by atoms with Gasteiger partial charge in [0.25, 0.3) is 0 Å². The highest BCUT2D eigenvalue weighted by molar-refractivity contribution is 5.76. The summed E-state index contributed by atoms with van der Waals surface area (Å²) in [6.45, 7) is 4.30. The molecule has 49 heavy (non-hydrogen) atoms. The summed E-state index contributed by atoms with van der Waals surface area (Å²) in [4.78, 5) is 12.3. The van der Waals surface area contributed by atoms with E-state index >= 15 is 0 Å². The molecule has 0 saturated carbocycles. The maximum atomic E-state index is 12.3. The Balaban J connectivity index is 3.42. The second-order valence-electron chi connectivity index (χ2n) is 15.5. The fourth-order valence-corrected chi connectivity index (χ4v) is 7.06. The molecule has 0 aliphatic carbocycles. The second-order valence-corrected chi connectivity index (χ2v) is 15.5. The first-order chi connectivity index (χ1) is 24.2.